The van der Waals surface area contributed by atoms with E-state index < -0.39 is 0 Å². The van der Waals surface area contributed by atoms with Crippen LogP contribution in [0.5, 0.6) is 0 Å². The van der Waals surface area contributed by atoms with Crippen molar-refractivity contribution in [2.24, 2.45) is 10.7 Å². The summed E-state index contributed by atoms with van der Waals surface area (Å²) in [5.74, 6) is 0.560. The van der Waals surface area contributed by atoms with Gasteiger partial charge in [0.15, 0.2) is 5.96 Å². The first-order valence-corrected chi connectivity index (χ1v) is 6.98. The second-order valence-corrected chi connectivity index (χ2v) is 4.68. The van der Waals surface area contributed by atoms with Gasteiger partial charge in [-0.2, -0.15) is 0 Å². The van der Waals surface area contributed by atoms with E-state index in [0.717, 1.165) is 32.5 Å². The molecule has 1 aliphatic carbocycles. The second kappa shape index (κ2) is 12.0. The number of aliphatic imine (C=N–C) groups is 1. The Labute approximate surface area is 128 Å². The summed E-state index contributed by atoms with van der Waals surface area (Å²) in [6.07, 6.45) is 9.08. The molecule has 0 spiro atoms. The van der Waals surface area contributed by atoms with Gasteiger partial charge in [-0.15, -0.1) is 24.0 Å². The van der Waals surface area contributed by atoms with Crippen molar-refractivity contribution in [2.45, 2.75) is 58.0 Å². The molecule has 18 heavy (non-hydrogen) atoms. The Morgan fingerprint density at radius 1 is 1.33 bits per heavy atom. The fraction of sp³-hybridized carbons (Fsp3) is 0.923. The molecule has 0 heterocycles. The molecule has 1 aliphatic rings. The molecule has 4 nitrogen and oxygen atoms in total. The SMILES string of the molecule is CCCN=C(N)NCCCOC1CCCCC1.I. The van der Waals surface area contributed by atoms with Gasteiger partial charge >= 0.3 is 0 Å². The first-order valence-electron chi connectivity index (χ1n) is 6.98. The topological polar surface area (TPSA) is 59.6 Å². The predicted molar refractivity (Wildman–Crippen MR) is 87.6 cm³/mol. The Morgan fingerprint density at radius 2 is 2.06 bits per heavy atom. The molecular weight excluding hydrogens is 341 g/mol. The highest BCUT2D eigenvalue weighted by atomic mass is 127. The molecule has 0 aromatic rings. The smallest absolute Gasteiger partial charge is 0.188 e. The van der Waals surface area contributed by atoms with E-state index in [1.54, 1.807) is 0 Å². The van der Waals surface area contributed by atoms with Gasteiger partial charge in [-0.1, -0.05) is 26.2 Å². The fourth-order valence-electron chi connectivity index (χ4n) is 2.06. The molecule has 0 aromatic heterocycles. The molecule has 0 amide bonds. The van der Waals surface area contributed by atoms with E-state index in [2.05, 4.69) is 17.2 Å². The summed E-state index contributed by atoms with van der Waals surface area (Å²) in [5, 5.41) is 3.10. The molecule has 1 rings (SSSR count). The van der Waals surface area contributed by atoms with E-state index in [4.69, 9.17) is 10.5 Å². The Kier molecular flexibility index (Phi) is 12.0. The molecule has 0 aliphatic heterocycles. The third-order valence-electron chi connectivity index (χ3n) is 3.04. The predicted octanol–water partition coefficient (Wildman–Crippen LogP) is 2.66. The van der Waals surface area contributed by atoms with E-state index in [-0.39, 0.29) is 24.0 Å². The number of ether oxygens (including phenoxy) is 1. The van der Waals surface area contributed by atoms with Crippen molar-refractivity contribution in [1.29, 1.82) is 0 Å². The average molecular weight is 369 g/mol. The Hall–Kier alpha value is -0.0400. The van der Waals surface area contributed by atoms with Crippen LogP contribution < -0.4 is 11.1 Å². The van der Waals surface area contributed by atoms with E-state index in [1.165, 1.54) is 32.1 Å². The van der Waals surface area contributed by atoms with Crippen molar-refractivity contribution in [3.05, 3.63) is 0 Å². The number of halogens is 1. The molecule has 1 saturated carbocycles. The lowest BCUT2D eigenvalue weighted by Gasteiger charge is -2.21. The summed E-state index contributed by atoms with van der Waals surface area (Å²) in [7, 11) is 0. The summed E-state index contributed by atoms with van der Waals surface area (Å²) < 4.78 is 5.83. The van der Waals surface area contributed by atoms with Crippen LogP contribution in [-0.4, -0.2) is 31.8 Å². The molecule has 1 fully saturated rings. The van der Waals surface area contributed by atoms with Gasteiger partial charge in [0.25, 0.3) is 0 Å². The number of nitrogens with one attached hydrogen (secondary N) is 1. The van der Waals surface area contributed by atoms with Crippen molar-refractivity contribution in [3.63, 3.8) is 0 Å². The van der Waals surface area contributed by atoms with E-state index in [0.29, 0.717) is 12.1 Å². The summed E-state index contributed by atoms with van der Waals surface area (Å²) in [5.41, 5.74) is 5.68. The number of nitrogens with two attached hydrogens (primary N) is 1. The van der Waals surface area contributed by atoms with Crippen LogP contribution in [0, 0.1) is 0 Å². The molecule has 0 saturated heterocycles. The highest BCUT2D eigenvalue weighted by Gasteiger charge is 2.12. The standard InChI is InChI=1S/C13H27N3O.HI/c1-2-9-15-13(14)16-10-6-11-17-12-7-4-3-5-8-12;/h12H,2-11H2,1H3,(H3,14,15,16);1H. The quantitative estimate of drug-likeness (QED) is 0.314. The van der Waals surface area contributed by atoms with Crippen LogP contribution in [0.1, 0.15) is 51.9 Å². The van der Waals surface area contributed by atoms with Crippen molar-refractivity contribution >= 4 is 29.9 Å². The van der Waals surface area contributed by atoms with Crippen LogP contribution in [0.25, 0.3) is 0 Å². The largest absolute Gasteiger partial charge is 0.378 e. The fourth-order valence-corrected chi connectivity index (χ4v) is 2.06. The minimum absolute atomic E-state index is 0. The summed E-state index contributed by atoms with van der Waals surface area (Å²) >= 11 is 0. The van der Waals surface area contributed by atoms with Crippen LogP contribution in [0.4, 0.5) is 0 Å². The monoisotopic (exact) mass is 369 g/mol. The Balaban J connectivity index is 0.00000289. The van der Waals surface area contributed by atoms with Crippen LogP contribution in [0.15, 0.2) is 4.99 Å². The lowest BCUT2D eigenvalue weighted by atomic mass is 9.98. The molecule has 3 N–H and O–H groups in total. The van der Waals surface area contributed by atoms with Gasteiger partial charge in [0.2, 0.25) is 0 Å². The van der Waals surface area contributed by atoms with Crippen LogP contribution in [0.3, 0.4) is 0 Å². The number of nitrogens with zero attached hydrogens (tertiary/aromatic N) is 1. The van der Waals surface area contributed by atoms with E-state index in [1.807, 2.05) is 0 Å². The van der Waals surface area contributed by atoms with E-state index in [9.17, 15) is 0 Å². The number of rotatable bonds is 7. The third-order valence-corrected chi connectivity index (χ3v) is 3.04. The number of hydrogen-bond acceptors (Lipinski definition) is 2. The molecule has 5 heteroatoms. The zero-order chi connectivity index (χ0) is 12.3. The highest BCUT2D eigenvalue weighted by Crippen LogP contribution is 2.20. The summed E-state index contributed by atoms with van der Waals surface area (Å²) in [4.78, 5) is 4.17. The molecule has 0 aromatic carbocycles. The average Bonchev–Trinajstić information content (AvgIpc) is 2.37. The highest BCUT2D eigenvalue weighted by molar-refractivity contribution is 14.0. The maximum atomic E-state index is 5.83. The molecule has 108 valence electrons. The maximum Gasteiger partial charge on any atom is 0.188 e. The molecule has 0 bridgehead atoms. The van der Waals surface area contributed by atoms with Gasteiger partial charge in [-0.3, -0.25) is 4.99 Å². The van der Waals surface area contributed by atoms with Gasteiger partial charge in [-0.25, -0.2) is 0 Å². The van der Waals surface area contributed by atoms with Crippen molar-refractivity contribution in [2.75, 3.05) is 19.7 Å². The van der Waals surface area contributed by atoms with Crippen LogP contribution >= 0.6 is 24.0 Å². The summed E-state index contributed by atoms with van der Waals surface area (Å²) in [6, 6.07) is 0. The second-order valence-electron chi connectivity index (χ2n) is 4.68. The lowest BCUT2D eigenvalue weighted by molar-refractivity contribution is 0.0277. The van der Waals surface area contributed by atoms with Gasteiger partial charge in [0, 0.05) is 19.7 Å². The van der Waals surface area contributed by atoms with Gasteiger partial charge in [0.1, 0.15) is 0 Å². The first kappa shape index (κ1) is 18.0. The van der Waals surface area contributed by atoms with Gasteiger partial charge < -0.3 is 15.8 Å². The van der Waals surface area contributed by atoms with E-state index >= 15 is 0 Å². The van der Waals surface area contributed by atoms with Crippen LogP contribution in [-0.2, 0) is 4.74 Å². The van der Waals surface area contributed by atoms with Crippen molar-refractivity contribution in [3.8, 4) is 0 Å². The molecule has 0 atom stereocenters. The van der Waals surface area contributed by atoms with Gasteiger partial charge in [0.05, 0.1) is 6.10 Å². The van der Waals surface area contributed by atoms with Crippen molar-refractivity contribution in [1.82, 2.24) is 5.32 Å². The Bertz CT molecular complexity index is 218. The number of guanidine groups is 1. The minimum Gasteiger partial charge on any atom is -0.378 e. The number of hydrogen-bond donors (Lipinski definition) is 2. The zero-order valence-electron chi connectivity index (χ0n) is 11.5. The first-order chi connectivity index (χ1) is 8.33. The zero-order valence-corrected chi connectivity index (χ0v) is 13.8. The molecular formula is C13H28IN3O. The molecule has 0 radical (unpaired) electrons. The van der Waals surface area contributed by atoms with Crippen molar-refractivity contribution < 1.29 is 4.74 Å². The summed E-state index contributed by atoms with van der Waals surface area (Å²) in [6.45, 7) is 4.58. The normalized spacial score (nSPS) is 17.3. The Morgan fingerprint density at radius 3 is 2.72 bits per heavy atom. The minimum atomic E-state index is 0. The maximum absolute atomic E-state index is 5.83. The lowest BCUT2D eigenvalue weighted by Crippen LogP contribution is -2.33. The molecule has 0 unspecified atom stereocenters. The van der Waals surface area contributed by atoms with Crippen LogP contribution in [0.2, 0.25) is 0 Å². The van der Waals surface area contributed by atoms with Gasteiger partial charge in [-0.05, 0) is 25.7 Å². The third kappa shape index (κ3) is 8.97.